The molecule has 0 bridgehead atoms. The Hall–Kier alpha value is -3.39. The van der Waals surface area contributed by atoms with Gasteiger partial charge in [0.15, 0.2) is 0 Å². The van der Waals surface area contributed by atoms with Crippen molar-refractivity contribution in [3.63, 3.8) is 0 Å². The van der Waals surface area contributed by atoms with Gasteiger partial charge in [0.05, 0.1) is 12.0 Å². The maximum absolute atomic E-state index is 12.1. The summed E-state index contributed by atoms with van der Waals surface area (Å²) in [6.45, 7) is 1.52. The molecule has 1 atom stereocenters. The molecule has 0 unspecified atom stereocenters. The summed E-state index contributed by atoms with van der Waals surface area (Å²) >= 11 is 1.51. The van der Waals surface area contributed by atoms with Crippen LogP contribution in [0.3, 0.4) is 0 Å². The molecule has 3 aromatic rings. The van der Waals surface area contributed by atoms with Crippen molar-refractivity contribution in [2.24, 2.45) is 0 Å². The van der Waals surface area contributed by atoms with E-state index in [0.29, 0.717) is 11.6 Å². The van der Waals surface area contributed by atoms with E-state index < -0.39 is 17.9 Å². The van der Waals surface area contributed by atoms with E-state index >= 15 is 0 Å². The van der Waals surface area contributed by atoms with Crippen LogP contribution in [0.5, 0.6) is 5.75 Å². The van der Waals surface area contributed by atoms with Crippen LogP contribution >= 0.6 is 11.3 Å². The minimum Gasteiger partial charge on any atom is -0.497 e. The SMILES string of the molecule is COc1ccc(/C=C/C(=O)N[C@@H](C)C(=O)OCc2coc(-c3cccs3)n2)cc1. The molecule has 1 aromatic carbocycles. The number of aromatic nitrogens is 1. The Morgan fingerprint density at radius 3 is 2.76 bits per heavy atom. The van der Waals surface area contributed by atoms with E-state index in [1.165, 1.54) is 23.7 Å². The van der Waals surface area contributed by atoms with E-state index in [1.807, 2.05) is 29.6 Å². The Bertz CT molecular complexity index is 977. The summed E-state index contributed by atoms with van der Waals surface area (Å²) in [5.74, 6) is 0.261. The first-order chi connectivity index (χ1) is 14.0. The summed E-state index contributed by atoms with van der Waals surface area (Å²) in [7, 11) is 1.59. The monoisotopic (exact) mass is 412 g/mol. The van der Waals surface area contributed by atoms with E-state index in [2.05, 4.69) is 10.3 Å². The third kappa shape index (κ3) is 5.79. The number of benzene rings is 1. The second kappa shape index (κ2) is 9.70. The molecule has 0 saturated heterocycles. The second-order valence-electron chi connectivity index (χ2n) is 6.07. The fourth-order valence-corrected chi connectivity index (χ4v) is 3.02. The normalized spacial score (nSPS) is 11.9. The van der Waals surface area contributed by atoms with Crippen molar-refractivity contribution in [3.05, 3.63) is 65.4 Å². The highest BCUT2D eigenvalue weighted by Crippen LogP contribution is 2.23. The third-order valence-electron chi connectivity index (χ3n) is 3.90. The molecule has 1 amide bonds. The first-order valence-electron chi connectivity index (χ1n) is 8.82. The lowest BCUT2D eigenvalue weighted by Gasteiger charge is -2.11. The lowest BCUT2D eigenvalue weighted by atomic mass is 10.2. The largest absolute Gasteiger partial charge is 0.497 e. The summed E-state index contributed by atoms with van der Waals surface area (Å²) in [6, 6.07) is 10.2. The van der Waals surface area contributed by atoms with Crippen molar-refractivity contribution >= 4 is 29.3 Å². The lowest BCUT2D eigenvalue weighted by Crippen LogP contribution is -2.38. The van der Waals surface area contributed by atoms with Gasteiger partial charge in [0.1, 0.15) is 30.4 Å². The third-order valence-corrected chi connectivity index (χ3v) is 4.76. The molecule has 0 aliphatic heterocycles. The maximum Gasteiger partial charge on any atom is 0.328 e. The van der Waals surface area contributed by atoms with Crippen LogP contribution < -0.4 is 10.1 Å². The average Bonchev–Trinajstić information content (AvgIpc) is 3.42. The molecule has 2 heterocycles. The molecule has 3 rings (SSSR count). The van der Waals surface area contributed by atoms with Gasteiger partial charge in [0.2, 0.25) is 11.8 Å². The summed E-state index contributed by atoms with van der Waals surface area (Å²) in [5, 5.41) is 4.49. The standard InChI is InChI=1S/C21H20N2O5S/c1-14(22-19(24)10-7-15-5-8-17(26-2)9-6-15)21(25)28-13-16-12-27-20(23-16)18-4-3-11-29-18/h3-12,14H,13H2,1-2H3,(H,22,24)/b10-7+/t14-/m0/s1. The quantitative estimate of drug-likeness (QED) is 0.448. The molecule has 29 heavy (non-hydrogen) atoms. The van der Waals surface area contributed by atoms with Crippen LogP contribution in [0.1, 0.15) is 18.2 Å². The van der Waals surface area contributed by atoms with Crippen molar-refractivity contribution in [1.82, 2.24) is 10.3 Å². The van der Waals surface area contributed by atoms with Crippen LogP contribution in [0.4, 0.5) is 0 Å². The minimum atomic E-state index is -0.799. The van der Waals surface area contributed by atoms with Crippen LogP contribution in [-0.4, -0.2) is 30.0 Å². The molecule has 8 heteroatoms. The van der Waals surface area contributed by atoms with E-state index in [-0.39, 0.29) is 6.61 Å². The number of nitrogens with zero attached hydrogens (tertiary/aromatic N) is 1. The van der Waals surface area contributed by atoms with Gasteiger partial charge in [-0.25, -0.2) is 9.78 Å². The fraction of sp³-hybridized carbons (Fsp3) is 0.190. The Labute approximate surface area is 172 Å². The van der Waals surface area contributed by atoms with Gasteiger partial charge in [0.25, 0.3) is 0 Å². The number of carbonyl (C=O) groups is 2. The van der Waals surface area contributed by atoms with Crippen molar-refractivity contribution < 1.29 is 23.5 Å². The number of nitrogens with one attached hydrogen (secondary N) is 1. The van der Waals surface area contributed by atoms with Gasteiger partial charge >= 0.3 is 5.97 Å². The Morgan fingerprint density at radius 1 is 1.28 bits per heavy atom. The van der Waals surface area contributed by atoms with Crippen LogP contribution in [0, 0.1) is 0 Å². The highest BCUT2D eigenvalue weighted by molar-refractivity contribution is 7.13. The Balaban J connectivity index is 1.45. The topological polar surface area (TPSA) is 90.7 Å². The highest BCUT2D eigenvalue weighted by Gasteiger charge is 2.17. The van der Waals surface area contributed by atoms with Crippen LogP contribution in [0.15, 0.2) is 58.5 Å². The molecule has 1 N–H and O–H groups in total. The average molecular weight is 412 g/mol. The highest BCUT2D eigenvalue weighted by atomic mass is 32.1. The van der Waals surface area contributed by atoms with E-state index in [4.69, 9.17) is 13.9 Å². The molecule has 0 spiro atoms. The predicted molar refractivity (Wildman–Crippen MR) is 109 cm³/mol. The Morgan fingerprint density at radius 2 is 2.07 bits per heavy atom. The zero-order valence-electron chi connectivity index (χ0n) is 16.0. The van der Waals surface area contributed by atoms with Crippen LogP contribution in [-0.2, 0) is 20.9 Å². The van der Waals surface area contributed by atoms with Crippen molar-refractivity contribution in [1.29, 1.82) is 0 Å². The van der Waals surface area contributed by atoms with E-state index in [1.54, 1.807) is 32.2 Å². The summed E-state index contributed by atoms with van der Waals surface area (Å²) < 4.78 is 15.7. The molecule has 0 fully saturated rings. The molecule has 0 radical (unpaired) electrons. The number of methoxy groups -OCH3 is 1. The Kier molecular flexibility index (Phi) is 6.80. The van der Waals surface area contributed by atoms with Crippen molar-refractivity contribution in [2.45, 2.75) is 19.6 Å². The predicted octanol–water partition coefficient (Wildman–Crippen LogP) is 3.67. The van der Waals surface area contributed by atoms with Crippen LogP contribution in [0.2, 0.25) is 0 Å². The minimum absolute atomic E-state index is 0.0321. The summed E-state index contributed by atoms with van der Waals surface area (Å²) in [4.78, 5) is 29.3. The van der Waals surface area contributed by atoms with E-state index in [9.17, 15) is 9.59 Å². The molecule has 0 aliphatic rings. The van der Waals surface area contributed by atoms with Gasteiger partial charge in [0, 0.05) is 6.08 Å². The number of hydrogen-bond donors (Lipinski definition) is 1. The number of amides is 1. The summed E-state index contributed by atoms with van der Waals surface area (Å²) in [5.41, 5.74) is 1.34. The van der Waals surface area contributed by atoms with Crippen molar-refractivity contribution in [3.8, 4) is 16.5 Å². The molecule has 0 saturated carbocycles. The lowest BCUT2D eigenvalue weighted by molar-refractivity contribution is -0.148. The number of hydrogen-bond acceptors (Lipinski definition) is 7. The first-order valence-corrected chi connectivity index (χ1v) is 9.70. The molecule has 7 nitrogen and oxygen atoms in total. The van der Waals surface area contributed by atoms with Gasteiger partial charge in [-0.2, -0.15) is 0 Å². The number of esters is 1. The van der Waals surface area contributed by atoms with Crippen molar-refractivity contribution in [2.75, 3.05) is 7.11 Å². The molecular formula is C21H20N2O5S. The maximum atomic E-state index is 12.1. The van der Waals surface area contributed by atoms with Gasteiger partial charge in [-0.05, 0) is 42.1 Å². The van der Waals surface area contributed by atoms with Gasteiger partial charge in [-0.15, -0.1) is 11.3 Å². The van der Waals surface area contributed by atoms with E-state index in [0.717, 1.165) is 16.2 Å². The van der Waals surface area contributed by atoms with Gasteiger partial charge in [-0.3, -0.25) is 4.79 Å². The summed E-state index contributed by atoms with van der Waals surface area (Å²) in [6.07, 6.45) is 4.45. The molecule has 2 aromatic heterocycles. The number of carbonyl (C=O) groups excluding carboxylic acids is 2. The fourth-order valence-electron chi connectivity index (χ4n) is 2.36. The smallest absolute Gasteiger partial charge is 0.328 e. The molecule has 0 aliphatic carbocycles. The number of ether oxygens (including phenoxy) is 2. The van der Waals surface area contributed by atoms with Gasteiger partial charge in [-0.1, -0.05) is 18.2 Å². The molecular weight excluding hydrogens is 392 g/mol. The number of oxazole rings is 1. The zero-order chi connectivity index (χ0) is 20.6. The number of rotatable bonds is 8. The van der Waals surface area contributed by atoms with Crippen LogP contribution in [0.25, 0.3) is 16.8 Å². The second-order valence-corrected chi connectivity index (χ2v) is 7.01. The van der Waals surface area contributed by atoms with Gasteiger partial charge < -0.3 is 19.2 Å². The number of thiophene rings is 1. The molecule has 150 valence electrons. The zero-order valence-corrected chi connectivity index (χ0v) is 16.8. The first kappa shape index (κ1) is 20.3.